The Balaban J connectivity index is 2.67. The number of hydrogen-bond acceptors (Lipinski definition) is 3. The van der Waals surface area contributed by atoms with E-state index in [0.717, 1.165) is 11.3 Å². The van der Waals surface area contributed by atoms with Gasteiger partial charge >= 0.3 is 5.97 Å². The Morgan fingerprint density at radius 2 is 2.07 bits per heavy atom. The van der Waals surface area contributed by atoms with Gasteiger partial charge in [-0.1, -0.05) is 12.1 Å². The molecule has 0 fully saturated rings. The van der Waals surface area contributed by atoms with Crippen LogP contribution in [0, 0.1) is 5.92 Å². The second-order valence-electron chi connectivity index (χ2n) is 3.32. The number of benzene rings is 1. The first-order valence-electron chi connectivity index (χ1n) is 4.73. The normalized spacial score (nSPS) is 12.1. The molecule has 1 aromatic carbocycles. The minimum absolute atomic E-state index is 0.154. The number of aliphatic carboxylic acids is 1. The van der Waals surface area contributed by atoms with E-state index in [1.165, 1.54) is 0 Å². The van der Waals surface area contributed by atoms with Crippen molar-refractivity contribution < 1.29 is 14.6 Å². The summed E-state index contributed by atoms with van der Waals surface area (Å²) in [6, 6.07) is 7.32. The number of nitrogens with two attached hydrogens (primary N) is 1. The molecule has 1 atom stereocenters. The van der Waals surface area contributed by atoms with Gasteiger partial charge in [-0.25, -0.2) is 0 Å². The SMILES string of the molecule is COc1ccc(C[C@@H](CN)C(=O)O)cc1. The van der Waals surface area contributed by atoms with Crippen molar-refractivity contribution in [3.63, 3.8) is 0 Å². The number of carboxylic acid groups (broad SMARTS) is 1. The van der Waals surface area contributed by atoms with Crippen LogP contribution < -0.4 is 10.5 Å². The van der Waals surface area contributed by atoms with Crippen molar-refractivity contribution in [3.8, 4) is 5.75 Å². The van der Waals surface area contributed by atoms with Crippen LogP contribution in [0.25, 0.3) is 0 Å². The van der Waals surface area contributed by atoms with Crippen molar-refractivity contribution in [1.29, 1.82) is 0 Å². The molecular formula is C11H15NO3. The lowest BCUT2D eigenvalue weighted by molar-refractivity contribution is -0.141. The average molecular weight is 209 g/mol. The summed E-state index contributed by atoms with van der Waals surface area (Å²) in [5, 5.41) is 8.83. The number of carboxylic acids is 1. The summed E-state index contributed by atoms with van der Waals surface area (Å²) in [6.07, 6.45) is 0.454. The van der Waals surface area contributed by atoms with Crippen molar-refractivity contribution in [1.82, 2.24) is 0 Å². The zero-order valence-corrected chi connectivity index (χ0v) is 8.64. The third-order valence-corrected chi connectivity index (χ3v) is 2.27. The first kappa shape index (κ1) is 11.5. The zero-order chi connectivity index (χ0) is 11.3. The molecule has 0 aliphatic heterocycles. The van der Waals surface area contributed by atoms with Gasteiger partial charge in [-0.05, 0) is 24.1 Å². The topological polar surface area (TPSA) is 72.5 Å². The van der Waals surface area contributed by atoms with Gasteiger partial charge in [0.15, 0.2) is 0 Å². The van der Waals surface area contributed by atoms with Gasteiger partial charge in [-0.15, -0.1) is 0 Å². The van der Waals surface area contributed by atoms with Gasteiger partial charge in [0, 0.05) is 6.54 Å². The van der Waals surface area contributed by atoms with Gasteiger partial charge < -0.3 is 15.6 Å². The molecule has 0 unspecified atom stereocenters. The summed E-state index contributed by atoms with van der Waals surface area (Å²) < 4.78 is 5.01. The molecule has 4 nitrogen and oxygen atoms in total. The molecule has 0 aliphatic rings. The van der Waals surface area contributed by atoms with Gasteiger partial charge in [0.1, 0.15) is 5.75 Å². The third kappa shape index (κ3) is 3.25. The van der Waals surface area contributed by atoms with E-state index in [4.69, 9.17) is 15.6 Å². The Morgan fingerprint density at radius 1 is 1.47 bits per heavy atom. The number of rotatable bonds is 5. The largest absolute Gasteiger partial charge is 0.497 e. The lowest BCUT2D eigenvalue weighted by Gasteiger charge is -2.09. The predicted octanol–water partition coefficient (Wildman–Crippen LogP) is 0.897. The molecule has 0 saturated carbocycles. The highest BCUT2D eigenvalue weighted by molar-refractivity contribution is 5.70. The lowest BCUT2D eigenvalue weighted by Crippen LogP contribution is -2.25. The minimum Gasteiger partial charge on any atom is -0.497 e. The van der Waals surface area contributed by atoms with Crippen LogP contribution in [0.3, 0.4) is 0 Å². The smallest absolute Gasteiger partial charge is 0.308 e. The summed E-state index contributed by atoms with van der Waals surface area (Å²) in [6.45, 7) is 0.154. The fourth-order valence-corrected chi connectivity index (χ4v) is 1.32. The Bertz CT molecular complexity index is 321. The Kier molecular flexibility index (Phi) is 4.12. The molecule has 1 aromatic rings. The van der Waals surface area contributed by atoms with Gasteiger partial charge in [0.25, 0.3) is 0 Å². The number of hydrogen-bond donors (Lipinski definition) is 2. The lowest BCUT2D eigenvalue weighted by atomic mass is 10.00. The molecule has 4 heteroatoms. The molecule has 0 spiro atoms. The molecule has 0 heterocycles. The maximum absolute atomic E-state index is 10.8. The van der Waals surface area contributed by atoms with Crippen molar-refractivity contribution in [2.45, 2.75) is 6.42 Å². The number of ether oxygens (including phenoxy) is 1. The Morgan fingerprint density at radius 3 is 2.47 bits per heavy atom. The molecule has 0 bridgehead atoms. The average Bonchev–Trinajstić information content (AvgIpc) is 2.26. The molecule has 3 N–H and O–H groups in total. The molecule has 15 heavy (non-hydrogen) atoms. The van der Waals surface area contributed by atoms with Crippen LogP contribution in [0.15, 0.2) is 24.3 Å². The molecule has 0 aliphatic carbocycles. The van der Waals surface area contributed by atoms with E-state index < -0.39 is 11.9 Å². The van der Waals surface area contributed by atoms with E-state index in [-0.39, 0.29) is 6.54 Å². The van der Waals surface area contributed by atoms with E-state index in [0.29, 0.717) is 6.42 Å². The highest BCUT2D eigenvalue weighted by Gasteiger charge is 2.15. The zero-order valence-electron chi connectivity index (χ0n) is 8.64. The van der Waals surface area contributed by atoms with Crippen LogP contribution in [0.1, 0.15) is 5.56 Å². The van der Waals surface area contributed by atoms with Crippen molar-refractivity contribution >= 4 is 5.97 Å². The van der Waals surface area contributed by atoms with Gasteiger partial charge in [0.2, 0.25) is 0 Å². The third-order valence-electron chi connectivity index (χ3n) is 2.27. The molecule has 0 saturated heterocycles. The molecule has 0 aromatic heterocycles. The second-order valence-corrected chi connectivity index (χ2v) is 3.32. The number of carbonyl (C=O) groups is 1. The van der Waals surface area contributed by atoms with E-state index >= 15 is 0 Å². The standard InChI is InChI=1S/C11H15NO3/c1-15-10-4-2-8(3-5-10)6-9(7-12)11(13)14/h2-5,9H,6-7,12H2,1H3,(H,13,14)/t9-/m0/s1. The fourth-order valence-electron chi connectivity index (χ4n) is 1.32. The van der Waals surface area contributed by atoms with Gasteiger partial charge in [-0.2, -0.15) is 0 Å². The molecule has 0 radical (unpaired) electrons. The van der Waals surface area contributed by atoms with Crippen LogP contribution in [0.5, 0.6) is 5.75 Å². The first-order chi connectivity index (χ1) is 7.17. The van der Waals surface area contributed by atoms with E-state index in [1.807, 2.05) is 24.3 Å². The van der Waals surface area contributed by atoms with Gasteiger partial charge in [0.05, 0.1) is 13.0 Å². The van der Waals surface area contributed by atoms with E-state index in [9.17, 15) is 4.79 Å². The molecule has 1 rings (SSSR count). The molecule has 82 valence electrons. The molecular weight excluding hydrogens is 194 g/mol. The number of methoxy groups -OCH3 is 1. The van der Waals surface area contributed by atoms with Crippen molar-refractivity contribution in [2.75, 3.05) is 13.7 Å². The van der Waals surface area contributed by atoms with Crippen molar-refractivity contribution in [2.24, 2.45) is 11.7 Å². The van der Waals surface area contributed by atoms with Crippen LogP contribution in [-0.2, 0) is 11.2 Å². The van der Waals surface area contributed by atoms with Crippen LogP contribution >= 0.6 is 0 Å². The first-order valence-corrected chi connectivity index (χ1v) is 4.73. The summed E-state index contributed by atoms with van der Waals surface area (Å²) in [4.78, 5) is 10.8. The maximum Gasteiger partial charge on any atom is 0.308 e. The summed E-state index contributed by atoms with van der Waals surface area (Å²) in [5.74, 6) is -0.606. The van der Waals surface area contributed by atoms with E-state index in [1.54, 1.807) is 7.11 Å². The quantitative estimate of drug-likeness (QED) is 0.755. The highest BCUT2D eigenvalue weighted by atomic mass is 16.5. The van der Waals surface area contributed by atoms with Crippen LogP contribution in [0.2, 0.25) is 0 Å². The maximum atomic E-state index is 10.8. The Labute approximate surface area is 88.7 Å². The molecule has 0 amide bonds. The Hall–Kier alpha value is -1.55. The summed E-state index contributed by atoms with van der Waals surface area (Å²) in [5.41, 5.74) is 6.32. The second kappa shape index (κ2) is 5.36. The monoisotopic (exact) mass is 209 g/mol. The van der Waals surface area contributed by atoms with Gasteiger partial charge in [-0.3, -0.25) is 4.79 Å². The van der Waals surface area contributed by atoms with Crippen LogP contribution in [0.4, 0.5) is 0 Å². The minimum atomic E-state index is -0.853. The van der Waals surface area contributed by atoms with E-state index in [2.05, 4.69) is 0 Å². The highest BCUT2D eigenvalue weighted by Crippen LogP contribution is 2.14. The fraction of sp³-hybridized carbons (Fsp3) is 0.364. The summed E-state index contributed by atoms with van der Waals surface area (Å²) >= 11 is 0. The predicted molar refractivity (Wildman–Crippen MR) is 56.9 cm³/mol. The van der Waals surface area contributed by atoms with Crippen LogP contribution in [-0.4, -0.2) is 24.7 Å². The summed E-state index contributed by atoms with van der Waals surface area (Å²) in [7, 11) is 1.59. The van der Waals surface area contributed by atoms with Crippen molar-refractivity contribution in [3.05, 3.63) is 29.8 Å².